The average molecular weight is 205 g/mol. The summed E-state index contributed by atoms with van der Waals surface area (Å²) >= 11 is 0. The van der Waals surface area contributed by atoms with Crippen molar-refractivity contribution in [1.29, 1.82) is 0 Å². The van der Waals surface area contributed by atoms with Crippen LogP contribution in [0.15, 0.2) is 17.1 Å². The summed E-state index contributed by atoms with van der Waals surface area (Å²) in [6.45, 7) is 6.12. The van der Waals surface area contributed by atoms with E-state index in [0.717, 1.165) is 23.0 Å². The van der Waals surface area contributed by atoms with E-state index in [0.29, 0.717) is 6.04 Å². The van der Waals surface area contributed by atoms with Gasteiger partial charge in [-0.2, -0.15) is 5.10 Å². The summed E-state index contributed by atoms with van der Waals surface area (Å²) in [6.07, 6.45) is 2.81. The maximum atomic E-state index is 11.4. The van der Waals surface area contributed by atoms with Crippen molar-refractivity contribution < 1.29 is 0 Å². The monoisotopic (exact) mass is 205 g/mol. The molecule has 0 amide bonds. The molecule has 1 N–H and O–H groups in total. The molecule has 2 rings (SSSR count). The standard InChI is InChI=1S/C11H15N3O/c1-4-8(3)14-11-9(6-12-14)7(2)5-10(15)13-11/h5-6,8H,4H2,1-3H3,(H,13,15)/t8-/m1/s1. The van der Waals surface area contributed by atoms with Crippen molar-refractivity contribution in [2.75, 3.05) is 0 Å². The van der Waals surface area contributed by atoms with Crippen molar-refractivity contribution in [2.24, 2.45) is 0 Å². The van der Waals surface area contributed by atoms with Gasteiger partial charge in [0.15, 0.2) is 0 Å². The van der Waals surface area contributed by atoms with Crippen LogP contribution in [-0.4, -0.2) is 14.8 Å². The Morgan fingerprint density at radius 3 is 3.00 bits per heavy atom. The smallest absolute Gasteiger partial charge is 0.249 e. The van der Waals surface area contributed by atoms with Gasteiger partial charge in [0.05, 0.1) is 12.2 Å². The van der Waals surface area contributed by atoms with E-state index in [1.165, 1.54) is 0 Å². The van der Waals surface area contributed by atoms with Crippen LogP contribution in [0.25, 0.3) is 11.0 Å². The number of hydrogen-bond donors (Lipinski definition) is 1. The average Bonchev–Trinajstić information content (AvgIpc) is 2.60. The molecule has 0 fully saturated rings. The number of pyridine rings is 1. The predicted molar refractivity (Wildman–Crippen MR) is 60.1 cm³/mol. The third-order valence-corrected chi connectivity index (χ3v) is 2.82. The van der Waals surface area contributed by atoms with Gasteiger partial charge in [0, 0.05) is 11.5 Å². The molecule has 0 saturated heterocycles. The number of aryl methyl sites for hydroxylation is 1. The van der Waals surface area contributed by atoms with E-state index in [1.807, 2.05) is 17.8 Å². The second kappa shape index (κ2) is 3.53. The fourth-order valence-electron chi connectivity index (χ4n) is 1.71. The Morgan fingerprint density at radius 1 is 1.60 bits per heavy atom. The van der Waals surface area contributed by atoms with Gasteiger partial charge in [-0.3, -0.25) is 4.79 Å². The molecule has 0 spiro atoms. The highest BCUT2D eigenvalue weighted by Gasteiger charge is 2.10. The van der Waals surface area contributed by atoms with Crippen molar-refractivity contribution in [1.82, 2.24) is 14.8 Å². The molecule has 0 aliphatic heterocycles. The summed E-state index contributed by atoms with van der Waals surface area (Å²) in [7, 11) is 0. The van der Waals surface area contributed by atoms with Gasteiger partial charge in [0.2, 0.25) is 5.56 Å². The van der Waals surface area contributed by atoms with Crippen LogP contribution in [0.4, 0.5) is 0 Å². The van der Waals surface area contributed by atoms with E-state index in [2.05, 4.69) is 23.9 Å². The number of fused-ring (bicyclic) bond motifs is 1. The highest BCUT2D eigenvalue weighted by molar-refractivity contribution is 5.78. The van der Waals surface area contributed by atoms with Crippen molar-refractivity contribution in [3.05, 3.63) is 28.2 Å². The summed E-state index contributed by atoms with van der Waals surface area (Å²) in [5, 5.41) is 5.34. The first-order chi connectivity index (χ1) is 7.13. The van der Waals surface area contributed by atoms with Gasteiger partial charge in [0.25, 0.3) is 0 Å². The number of rotatable bonds is 2. The minimum Gasteiger partial charge on any atom is -0.307 e. The first-order valence-corrected chi connectivity index (χ1v) is 5.20. The van der Waals surface area contributed by atoms with Crippen LogP contribution in [0.5, 0.6) is 0 Å². The number of hydrogen-bond acceptors (Lipinski definition) is 2. The molecule has 80 valence electrons. The molecule has 0 aliphatic rings. The van der Waals surface area contributed by atoms with Crippen LogP contribution in [0.2, 0.25) is 0 Å². The molecule has 0 bridgehead atoms. The Morgan fingerprint density at radius 2 is 2.33 bits per heavy atom. The van der Waals surface area contributed by atoms with Gasteiger partial charge >= 0.3 is 0 Å². The van der Waals surface area contributed by atoms with E-state index in [4.69, 9.17) is 0 Å². The fraction of sp³-hybridized carbons (Fsp3) is 0.455. The lowest BCUT2D eigenvalue weighted by Gasteiger charge is -2.10. The van der Waals surface area contributed by atoms with Crippen LogP contribution in [-0.2, 0) is 0 Å². The number of aromatic amines is 1. The van der Waals surface area contributed by atoms with Crippen molar-refractivity contribution in [2.45, 2.75) is 33.2 Å². The lowest BCUT2D eigenvalue weighted by atomic mass is 10.2. The Hall–Kier alpha value is -1.58. The van der Waals surface area contributed by atoms with Crippen molar-refractivity contribution in [3.8, 4) is 0 Å². The first kappa shape index (κ1) is 9.96. The molecule has 1 atom stereocenters. The van der Waals surface area contributed by atoms with Crippen LogP contribution >= 0.6 is 0 Å². The zero-order valence-corrected chi connectivity index (χ0v) is 9.24. The third-order valence-electron chi connectivity index (χ3n) is 2.82. The van der Waals surface area contributed by atoms with Crippen LogP contribution in [0, 0.1) is 6.92 Å². The van der Waals surface area contributed by atoms with Gasteiger partial charge in [-0.25, -0.2) is 4.68 Å². The molecular formula is C11H15N3O. The molecule has 4 heteroatoms. The zero-order valence-electron chi connectivity index (χ0n) is 9.24. The van der Waals surface area contributed by atoms with Crippen LogP contribution in [0.1, 0.15) is 31.9 Å². The molecule has 2 aromatic rings. The first-order valence-electron chi connectivity index (χ1n) is 5.20. The zero-order chi connectivity index (χ0) is 11.0. The van der Waals surface area contributed by atoms with Crippen molar-refractivity contribution in [3.63, 3.8) is 0 Å². The minimum absolute atomic E-state index is 0.0648. The number of H-pyrrole nitrogens is 1. The maximum absolute atomic E-state index is 11.4. The highest BCUT2D eigenvalue weighted by Crippen LogP contribution is 2.18. The Labute approximate surface area is 87.9 Å². The van der Waals surface area contributed by atoms with E-state index in [1.54, 1.807) is 6.07 Å². The largest absolute Gasteiger partial charge is 0.307 e. The third kappa shape index (κ3) is 1.56. The highest BCUT2D eigenvalue weighted by atomic mass is 16.1. The van der Waals surface area contributed by atoms with Crippen molar-refractivity contribution >= 4 is 11.0 Å². The minimum atomic E-state index is -0.0648. The van der Waals surface area contributed by atoms with Gasteiger partial charge in [-0.1, -0.05) is 6.92 Å². The SMILES string of the molecule is CC[C@@H](C)n1ncc2c(C)cc(=O)[nH]c21. The molecule has 0 unspecified atom stereocenters. The van der Waals surface area contributed by atoms with E-state index in [9.17, 15) is 4.79 Å². The normalized spacial score (nSPS) is 13.3. The summed E-state index contributed by atoms with van der Waals surface area (Å²) < 4.78 is 1.88. The molecule has 2 heterocycles. The fourth-order valence-corrected chi connectivity index (χ4v) is 1.71. The molecule has 2 aromatic heterocycles. The maximum Gasteiger partial charge on any atom is 0.249 e. The molecular weight excluding hydrogens is 190 g/mol. The molecule has 0 aliphatic carbocycles. The van der Waals surface area contributed by atoms with E-state index >= 15 is 0 Å². The van der Waals surface area contributed by atoms with E-state index in [-0.39, 0.29) is 5.56 Å². The molecule has 0 saturated carbocycles. The number of aromatic nitrogens is 3. The predicted octanol–water partition coefficient (Wildman–Crippen LogP) is 2.00. The lowest BCUT2D eigenvalue weighted by Crippen LogP contribution is -2.11. The Balaban J connectivity index is 2.74. The number of nitrogens with zero attached hydrogens (tertiary/aromatic N) is 2. The second-order valence-corrected chi connectivity index (χ2v) is 3.93. The van der Waals surface area contributed by atoms with Crippen LogP contribution in [0.3, 0.4) is 0 Å². The quantitative estimate of drug-likeness (QED) is 0.815. The molecule has 0 radical (unpaired) electrons. The van der Waals surface area contributed by atoms with Gasteiger partial charge in [-0.15, -0.1) is 0 Å². The van der Waals surface area contributed by atoms with E-state index < -0.39 is 0 Å². The van der Waals surface area contributed by atoms with Gasteiger partial charge < -0.3 is 4.98 Å². The summed E-state index contributed by atoms with van der Waals surface area (Å²) in [5.41, 5.74) is 1.74. The topological polar surface area (TPSA) is 50.7 Å². The number of nitrogens with one attached hydrogen (secondary N) is 1. The molecule has 15 heavy (non-hydrogen) atoms. The van der Waals surface area contributed by atoms with Crippen LogP contribution < -0.4 is 5.56 Å². The Bertz CT molecular complexity index is 538. The molecule has 4 nitrogen and oxygen atoms in total. The lowest BCUT2D eigenvalue weighted by molar-refractivity contribution is 0.489. The molecule has 0 aromatic carbocycles. The van der Waals surface area contributed by atoms with Gasteiger partial charge in [-0.05, 0) is 25.8 Å². The summed E-state index contributed by atoms with van der Waals surface area (Å²) in [6, 6.07) is 1.91. The Kier molecular flexibility index (Phi) is 2.34. The van der Waals surface area contributed by atoms with Gasteiger partial charge in [0.1, 0.15) is 5.65 Å². The second-order valence-electron chi connectivity index (χ2n) is 3.93. The summed E-state index contributed by atoms with van der Waals surface area (Å²) in [5.74, 6) is 0. The summed E-state index contributed by atoms with van der Waals surface area (Å²) in [4.78, 5) is 14.2.